The average Bonchev–Trinajstić information content (AvgIpc) is 3.22. The van der Waals surface area contributed by atoms with E-state index in [1.165, 1.54) is 11.3 Å². The summed E-state index contributed by atoms with van der Waals surface area (Å²) in [5.74, 6) is 1.41. The maximum atomic E-state index is 12.5. The highest BCUT2D eigenvalue weighted by atomic mass is 35.5. The van der Waals surface area contributed by atoms with E-state index in [4.69, 9.17) is 23.2 Å². The molecule has 0 bridgehead atoms. The molecule has 2 fully saturated rings. The molecule has 1 aromatic heterocycles. The Morgan fingerprint density at radius 2 is 1.92 bits per heavy atom. The molecule has 142 valence electrons. The van der Waals surface area contributed by atoms with Gasteiger partial charge in [0.2, 0.25) is 5.91 Å². The molecule has 2 aliphatic heterocycles. The van der Waals surface area contributed by atoms with Gasteiger partial charge in [-0.25, -0.2) is 4.98 Å². The van der Waals surface area contributed by atoms with Crippen LogP contribution in [0.1, 0.15) is 5.69 Å². The van der Waals surface area contributed by atoms with E-state index in [9.17, 15) is 4.79 Å². The summed E-state index contributed by atoms with van der Waals surface area (Å²) in [5.41, 5.74) is 1.66. The number of nitrogens with zero attached hydrogens (tertiary/aromatic N) is 2. The quantitative estimate of drug-likeness (QED) is 0.756. The van der Waals surface area contributed by atoms with Crippen LogP contribution >= 0.6 is 59.4 Å². The first kappa shape index (κ1) is 21.7. The second kappa shape index (κ2) is 9.09. The maximum Gasteiger partial charge on any atom is 0.228 e. The summed E-state index contributed by atoms with van der Waals surface area (Å²) in [6.45, 7) is 3.81. The molecule has 0 radical (unpaired) electrons. The predicted molar refractivity (Wildman–Crippen MR) is 112 cm³/mol. The summed E-state index contributed by atoms with van der Waals surface area (Å²) in [5, 5.41) is 7.34. The Morgan fingerprint density at radius 3 is 2.58 bits per heavy atom. The van der Waals surface area contributed by atoms with Gasteiger partial charge in [-0.15, -0.1) is 36.2 Å². The maximum absolute atomic E-state index is 12.5. The van der Waals surface area contributed by atoms with Crippen LogP contribution in [0, 0.1) is 11.8 Å². The van der Waals surface area contributed by atoms with Gasteiger partial charge in [-0.1, -0.05) is 23.2 Å². The smallest absolute Gasteiger partial charge is 0.228 e. The third-order valence-corrected chi connectivity index (χ3v) is 6.26. The highest BCUT2D eigenvalue weighted by Crippen LogP contribution is 2.33. The second-order valence-electron chi connectivity index (χ2n) is 6.42. The molecule has 1 N–H and O–H groups in total. The first-order valence-corrected chi connectivity index (χ1v) is 9.62. The Kier molecular flexibility index (Phi) is 7.60. The lowest BCUT2D eigenvalue weighted by molar-refractivity contribution is -0.129. The summed E-state index contributed by atoms with van der Waals surface area (Å²) in [4.78, 5) is 19.1. The van der Waals surface area contributed by atoms with Gasteiger partial charge in [0.15, 0.2) is 0 Å². The zero-order chi connectivity index (χ0) is 16.7. The number of aromatic nitrogens is 1. The van der Waals surface area contributed by atoms with Crippen LogP contribution in [-0.4, -0.2) is 42.0 Å². The lowest BCUT2D eigenvalue weighted by Crippen LogP contribution is -2.33. The number of carbonyl (C=O) groups is 1. The molecule has 1 aromatic carbocycles. The number of fused-ring (bicyclic) bond motifs is 1. The molecular formula is C17H19Cl4N3OS. The molecular weight excluding hydrogens is 436 g/mol. The van der Waals surface area contributed by atoms with Crippen LogP contribution in [0.15, 0.2) is 23.6 Å². The Bertz CT molecular complexity index is 773. The number of thiazole rings is 1. The summed E-state index contributed by atoms with van der Waals surface area (Å²) in [6.07, 6.45) is 0.356. The normalized spacial score (nSPS) is 21.1. The van der Waals surface area contributed by atoms with Crippen LogP contribution in [0.3, 0.4) is 0 Å². The monoisotopic (exact) mass is 453 g/mol. The topological polar surface area (TPSA) is 45.2 Å². The molecule has 4 rings (SSSR count). The van der Waals surface area contributed by atoms with Crippen LogP contribution in [-0.2, 0) is 11.2 Å². The summed E-state index contributed by atoms with van der Waals surface area (Å²) in [6, 6.07) is 5.37. The molecule has 4 nitrogen and oxygen atoms in total. The molecule has 2 atom stereocenters. The van der Waals surface area contributed by atoms with Gasteiger partial charge in [0.05, 0.1) is 17.1 Å². The number of halogens is 4. The lowest BCUT2D eigenvalue weighted by atomic mass is 10.0. The van der Waals surface area contributed by atoms with Crippen LogP contribution in [0.2, 0.25) is 10.0 Å². The van der Waals surface area contributed by atoms with Crippen molar-refractivity contribution in [3.63, 3.8) is 0 Å². The SMILES string of the molecule is Cl.Cl.O=C(Cc1csc(-c2ccc(Cl)cc2Cl)n1)N1C[C@H]2CNC[C@H]2C1. The van der Waals surface area contributed by atoms with Crippen molar-refractivity contribution < 1.29 is 4.79 Å². The van der Waals surface area contributed by atoms with E-state index in [1.807, 2.05) is 16.3 Å². The van der Waals surface area contributed by atoms with E-state index < -0.39 is 0 Å². The van der Waals surface area contributed by atoms with Crippen molar-refractivity contribution in [2.75, 3.05) is 26.2 Å². The molecule has 0 unspecified atom stereocenters. The molecule has 2 aliphatic rings. The van der Waals surface area contributed by atoms with Crippen molar-refractivity contribution in [2.24, 2.45) is 11.8 Å². The van der Waals surface area contributed by atoms with Gasteiger partial charge in [0, 0.05) is 42.1 Å². The average molecular weight is 455 g/mol. The number of hydrogen-bond donors (Lipinski definition) is 1. The Hall–Kier alpha value is -0.560. The van der Waals surface area contributed by atoms with Crippen LogP contribution in [0.4, 0.5) is 0 Å². The van der Waals surface area contributed by atoms with E-state index in [0.717, 1.165) is 42.4 Å². The zero-order valence-corrected chi connectivity index (χ0v) is 17.7. The van der Waals surface area contributed by atoms with Gasteiger partial charge in [-0.2, -0.15) is 0 Å². The molecule has 2 saturated heterocycles. The highest BCUT2D eigenvalue weighted by molar-refractivity contribution is 7.13. The molecule has 9 heteroatoms. The van der Waals surface area contributed by atoms with Crippen molar-refractivity contribution in [2.45, 2.75) is 6.42 Å². The molecule has 0 aliphatic carbocycles. The fourth-order valence-electron chi connectivity index (χ4n) is 3.50. The minimum atomic E-state index is 0. The molecule has 2 aromatic rings. The van der Waals surface area contributed by atoms with Gasteiger partial charge in [-0.3, -0.25) is 4.79 Å². The number of carbonyl (C=O) groups excluding carboxylic acids is 1. The van der Waals surface area contributed by atoms with Gasteiger partial charge >= 0.3 is 0 Å². The predicted octanol–water partition coefficient (Wildman–Crippen LogP) is 4.18. The minimum absolute atomic E-state index is 0. The van der Waals surface area contributed by atoms with Crippen LogP contribution in [0.25, 0.3) is 10.6 Å². The van der Waals surface area contributed by atoms with Crippen molar-refractivity contribution in [3.05, 3.63) is 39.3 Å². The highest BCUT2D eigenvalue weighted by Gasteiger charge is 2.37. The van der Waals surface area contributed by atoms with E-state index in [0.29, 0.717) is 28.3 Å². The third-order valence-electron chi connectivity index (χ3n) is 4.79. The Labute approximate surface area is 179 Å². The molecule has 3 heterocycles. The van der Waals surface area contributed by atoms with Crippen molar-refractivity contribution in [1.29, 1.82) is 0 Å². The fraction of sp³-hybridized carbons (Fsp3) is 0.412. The van der Waals surface area contributed by atoms with Crippen molar-refractivity contribution >= 4 is 65.3 Å². The fourth-order valence-corrected chi connectivity index (χ4v) is 4.91. The summed E-state index contributed by atoms with van der Waals surface area (Å²) in [7, 11) is 0. The van der Waals surface area contributed by atoms with E-state index in [2.05, 4.69) is 10.3 Å². The Balaban J connectivity index is 0.00000121. The number of likely N-dealkylation sites (tertiary alicyclic amines) is 1. The van der Waals surface area contributed by atoms with E-state index in [1.54, 1.807) is 12.1 Å². The van der Waals surface area contributed by atoms with E-state index >= 15 is 0 Å². The number of hydrogen-bond acceptors (Lipinski definition) is 4. The zero-order valence-electron chi connectivity index (χ0n) is 13.8. The molecule has 26 heavy (non-hydrogen) atoms. The van der Waals surface area contributed by atoms with Gasteiger partial charge < -0.3 is 10.2 Å². The minimum Gasteiger partial charge on any atom is -0.342 e. The number of benzene rings is 1. The van der Waals surface area contributed by atoms with Gasteiger partial charge in [-0.05, 0) is 30.0 Å². The number of rotatable bonds is 3. The van der Waals surface area contributed by atoms with E-state index in [-0.39, 0.29) is 30.7 Å². The first-order valence-electron chi connectivity index (χ1n) is 7.98. The third kappa shape index (κ3) is 4.46. The summed E-state index contributed by atoms with van der Waals surface area (Å²) >= 11 is 13.7. The summed E-state index contributed by atoms with van der Waals surface area (Å²) < 4.78 is 0. The van der Waals surface area contributed by atoms with Gasteiger partial charge in [0.1, 0.15) is 5.01 Å². The molecule has 1 amide bonds. The first-order chi connectivity index (χ1) is 11.6. The Morgan fingerprint density at radius 1 is 1.23 bits per heavy atom. The largest absolute Gasteiger partial charge is 0.342 e. The second-order valence-corrected chi connectivity index (χ2v) is 8.12. The number of nitrogens with one attached hydrogen (secondary N) is 1. The van der Waals surface area contributed by atoms with Crippen molar-refractivity contribution in [1.82, 2.24) is 15.2 Å². The van der Waals surface area contributed by atoms with Crippen molar-refractivity contribution in [3.8, 4) is 10.6 Å². The van der Waals surface area contributed by atoms with Crippen LogP contribution < -0.4 is 5.32 Å². The lowest BCUT2D eigenvalue weighted by Gasteiger charge is -2.16. The standard InChI is InChI=1S/C17H17Cl2N3OS.2ClH/c18-12-1-2-14(15(19)3-12)17-21-13(9-24-17)4-16(23)22-7-10-5-20-6-11(10)8-22;;/h1-3,9-11,20H,4-8H2;2*1H/t10-,11+;;. The number of amides is 1. The van der Waals surface area contributed by atoms with Gasteiger partial charge in [0.25, 0.3) is 0 Å². The van der Waals surface area contributed by atoms with Crippen LogP contribution in [0.5, 0.6) is 0 Å². The molecule has 0 saturated carbocycles. The molecule has 0 spiro atoms.